The molecule has 0 bridgehead atoms. The van der Waals surface area contributed by atoms with Crippen molar-refractivity contribution in [3.8, 4) is 0 Å². The summed E-state index contributed by atoms with van der Waals surface area (Å²) in [7, 11) is 0. The molecule has 1 heterocycles. The van der Waals surface area contributed by atoms with Gasteiger partial charge in [0.15, 0.2) is 4.34 Å². The van der Waals surface area contributed by atoms with Crippen LogP contribution in [0.5, 0.6) is 0 Å². The molecule has 0 spiro atoms. The van der Waals surface area contributed by atoms with Gasteiger partial charge in [-0.1, -0.05) is 29.4 Å². The van der Waals surface area contributed by atoms with E-state index in [-0.39, 0.29) is 0 Å². The summed E-state index contributed by atoms with van der Waals surface area (Å²) in [5.41, 5.74) is 7.38. The van der Waals surface area contributed by atoms with Crippen molar-refractivity contribution in [2.45, 2.75) is 17.0 Å². The molecule has 2 rings (SSSR count). The molecule has 0 aliphatic rings. The van der Waals surface area contributed by atoms with E-state index in [9.17, 15) is 0 Å². The number of rotatable bonds is 3. The molecular weight excluding hydrogens is 262 g/mol. The number of nitrogen functional groups attached to an aromatic ring is 1. The first-order chi connectivity index (χ1) is 7.65. The first-order valence-corrected chi connectivity index (χ1v) is 6.76. The van der Waals surface area contributed by atoms with E-state index in [0.717, 1.165) is 21.5 Å². The topological polar surface area (TPSA) is 51.8 Å². The first kappa shape index (κ1) is 11.7. The number of nitrogens with two attached hydrogens (primary N) is 1. The highest BCUT2D eigenvalue weighted by Gasteiger charge is 2.05. The number of benzene rings is 1. The monoisotopic (exact) mass is 271 g/mol. The minimum Gasteiger partial charge on any atom is -0.399 e. The Kier molecular flexibility index (Phi) is 3.68. The van der Waals surface area contributed by atoms with Gasteiger partial charge in [-0.05, 0) is 36.2 Å². The Morgan fingerprint density at radius 3 is 2.94 bits per heavy atom. The molecule has 3 nitrogen and oxygen atoms in total. The molecule has 84 valence electrons. The average molecular weight is 272 g/mol. The van der Waals surface area contributed by atoms with Crippen LogP contribution >= 0.6 is 34.9 Å². The van der Waals surface area contributed by atoms with E-state index in [2.05, 4.69) is 9.36 Å². The first-order valence-electron chi connectivity index (χ1n) is 4.62. The fraction of sp³-hybridized carbons (Fsp3) is 0.200. The van der Waals surface area contributed by atoms with Gasteiger partial charge in [0.05, 0.1) is 0 Å². The molecule has 0 aliphatic heterocycles. The van der Waals surface area contributed by atoms with Crippen LogP contribution in [0.1, 0.15) is 11.4 Å². The number of aryl methyl sites for hydroxylation is 1. The second-order valence-corrected chi connectivity index (χ2v) is 5.63. The van der Waals surface area contributed by atoms with Crippen molar-refractivity contribution in [3.05, 3.63) is 34.6 Å². The predicted octanol–water partition coefficient (Wildman–Crippen LogP) is 3.37. The lowest BCUT2D eigenvalue weighted by molar-refractivity contribution is 1.10. The van der Waals surface area contributed by atoms with E-state index in [1.54, 1.807) is 17.8 Å². The van der Waals surface area contributed by atoms with Crippen molar-refractivity contribution >= 4 is 40.6 Å². The molecule has 0 radical (unpaired) electrons. The van der Waals surface area contributed by atoms with Gasteiger partial charge < -0.3 is 5.73 Å². The summed E-state index contributed by atoms with van der Waals surface area (Å²) < 4.78 is 5.09. The summed E-state index contributed by atoms with van der Waals surface area (Å²) in [6.45, 7) is 1.89. The highest BCUT2D eigenvalue weighted by Crippen LogP contribution is 2.28. The molecule has 0 fully saturated rings. The lowest BCUT2D eigenvalue weighted by Gasteiger charge is -2.03. The molecule has 0 saturated heterocycles. The van der Waals surface area contributed by atoms with E-state index in [1.807, 2.05) is 19.1 Å². The Morgan fingerprint density at radius 1 is 1.50 bits per heavy atom. The van der Waals surface area contributed by atoms with Gasteiger partial charge in [0.25, 0.3) is 0 Å². The average Bonchev–Trinajstić information content (AvgIpc) is 2.63. The molecule has 6 heteroatoms. The molecule has 0 atom stereocenters. The molecule has 2 aromatic rings. The van der Waals surface area contributed by atoms with Crippen molar-refractivity contribution in [2.24, 2.45) is 0 Å². The van der Waals surface area contributed by atoms with Gasteiger partial charge in [-0.25, -0.2) is 4.98 Å². The summed E-state index contributed by atoms with van der Waals surface area (Å²) in [6, 6.07) is 5.56. The standard InChI is InChI=1S/C10H10ClN3S2/c1-6-13-10(16-14-6)15-5-7-2-3-8(12)4-9(7)11/h2-4H,5,12H2,1H3. The van der Waals surface area contributed by atoms with E-state index in [1.165, 1.54) is 11.5 Å². The molecule has 0 aliphatic carbocycles. The van der Waals surface area contributed by atoms with Crippen LogP contribution in [0.3, 0.4) is 0 Å². The van der Waals surface area contributed by atoms with Crippen molar-refractivity contribution in [1.82, 2.24) is 9.36 Å². The van der Waals surface area contributed by atoms with Crippen LogP contribution in [0.4, 0.5) is 5.69 Å². The van der Waals surface area contributed by atoms with Gasteiger partial charge in [-0.3, -0.25) is 0 Å². The van der Waals surface area contributed by atoms with Crippen LogP contribution in [0.2, 0.25) is 5.02 Å². The summed E-state index contributed by atoms with van der Waals surface area (Å²) in [6.07, 6.45) is 0. The molecule has 2 N–H and O–H groups in total. The zero-order chi connectivity index (χ0) is 11.5. The van der Waals surface area contributed by atoms with Crippen molar-refractivity contribution < 1.29 is 0 Å². The molecule has 0 amide bonds. The Hall–Kier alpha value is -0.780. The lowest BCUT2D eigenvalue weighted by atomic mass is 10.2. The SMILES string of the molecule is Cc1nsc(SCc2ccc(N)cc2Cl)n1. The van der Waals surface area contributed by atoms with E-state index in [4.69, 9.17) is 17.3 Å². The Labute approximate surface area is 107 Å². The lowest BCUT2D eigenvalue weighted by Crippen LogP contribution is -1.87. The number of halogens is 1. The number of aromatic nitrogens is 2. The van der Waals surface area contributed by atoms with E-state index >= 15 is 0 Å². The predicted molar refractivity (Wildman–Crippen MR) is 70.1 cm³/mol. The zero-order valence-electron chi connectivity index (χ0n) is 8.61. The Bertz CT molecular complexity index is 499. The highest BCUT2D eigenvalue weighted by molar-refractivity contribution is 8.00. The van der Waals surface area contributed by atoms with Crippen LogP contribution in [0.25, 0.3) is 0 Å². The summed E-state index contributed by atoms with van der Waals surface area (Å²) in [5.74, 6) is 1.60. The van der Waals surface area contributed by atoms with Crippen LogP contribution in [0.15, 0.2) is 22.5 Å². The maximum Gasteiger partial charge on any atom is 0.170 e. The molecule has 1 aromatic carbocycles. The molecular formula is C10H10ClN3S2. The van der Waals surface area contributed by atoms with Gasteiger partial charge in [0, 0.05) is 16.5 Å². The summed E-state index contributed by atoms with van der Waals surface area (Å²) in [5, 5.41) is 0.703. The second-order valence-electron chi connectivity index (χ2n) is 3.25. The fourth-order valence-corrected chi connectivity index (χ4v) is 3.14. The van der Waals surface area contributed by atoms with Crippen molar-refractivity contribution in [3.63, 3.8) is 0 Å². The maximum atomic E-state index is 6.07. The highest BCUT2D eigenvalue weighted by atomic mass is 35.5. The smallest absolute Gasteiger partial charge is 0.170 e. The van der Waals surface area contributed by atoms with Gasteiger partial charge in [-0.15, -0.1) is 0 Å². The van der Waals surface area contributed by atoms with Gasteiger partial charge in [-0.2, -0.15) is 4.37 Å². The molecule has 1 aromatic heterocycles. The summed E-state index contributed by atoms with van der Waals surface area (Å²) in [4.78, 5) is 4.28. The Morgan fingerprint density at radius 2 is 2.31 bits per heavy atom. The fourth-order valence-electron chi connectivity index (χ4n) is 1.16. The number of hydrogen-bond donors (Lipinski definition) is 1. The van der Waals surface area contributed by atoms with E-state index in [0.29, 0.717) is 10.7 Å². The largest absolute Gasteiger partial charge is 0.399 e. The van der Waals surface area contributed by atoms with E-state index < -0.39 is 0 Å². The van der Waals surface area contributed by atoms with Crippen molar-refractivity contribution in [2.75, 3.05) is 5.73 Å². The normalized spacial score (nSPS) is 10.6. The number of nitrogens with zero attached hydrogens (tertiary/aromatic N) is 2. The third kappa shape index (κ3) is 2.87. The number of thioether (sulfide) groups is 1. The van der Waals surface area contributed by atoms with Crippen molar-refractivity contribution in [1.29, 1.82) is 0 Å². The molecule has 16 heavy (non-hydrogen) atoms. The third-order valence-corrected chi connectivity index (χ3v) is 4.26. The minimum absolute atomic E-state index is 0.686. The molecule has 0 saturated carbocycles. The molecule has 0 unspecified atom stereocenters. The Balaban J connectivity index is 2.04. The van der Waals surface area contributed by atoms with Crippen LogP contribution in [-0.4, -0.2) is 9.36 Å². The zero-order valence-corrected chi connectivity index (χ0v) is 11.0. The quantitative estimate of drug-likeness (QED) is 0.687. The van der Waals surface area contributed by atoms with Gasteiger partial charge in [0.2, 0.25) is 0 Å². The van der Waals surface area contributed by atoms with Crippen LogP contribution in [-0.2, 0) is 5.75 Å². The third-order valence-electron chi connectivity index (χ3n) is 1.94. The minimum atomic E-state index is 0.686. The second kappa shape index (κ2) is 5.03. The van der Waals surface area contributed by atoms with Gasteiger partial charge >= 0.3 is 0 Å². The van der Waals surface area contributed by atoms with Gasteiger partial charge in [0.1, 0.15) is 5.82 Å². The van der Waals surface area contributed by atoms with Crippen LogP contribution < -0.4 is 5.73 Å². The number of hydrogen-bond acceptors (Lipinski definition) is 5. The summed E-state index contributed by atoms with van der Waals surface area (Å²) >= 11 is 9.12. The van der Waals surface area contributed by atoms with Crippen LogP contribution in [0, 0.1) is 6.92 Å². The maximum absolute atomic E-state index is 6.07. The number of anilines is 1.